The lowest BCUT2D eigenvalue weighted by Crippen LogP contribution is -2.49. The van der Waals surface area contributed by atoms with Crippen LogP contribution in [0.3, 0.4) is 0 Å². The van der Waals surface area contributed by atoms with Crippen LogP contribution in [0.4, 0.5) is 0 Å². The van der Waals surface area contributed by atoms with Crippen molar-refractivity contribution in [1.29, 1.82) is 0 Å². The van der Waals surface area contributed by atoms with Crippen molar-refractivity contribution in [2.75, 3.05) is 52.9 Å². The van der Waals surface area contributed by atoms with Crippen LogP contribution in [-0.2, 0) is 14.3 Å². The molecule has 0 aromatic rings. The van der Waals surface area contributed by atoms with E-state index in [0.29, 0.717) is 19.5 Å². The maximum absolute atomic E-state index is 11.4. The summed E-state index contributed by atoms with van der Waals surface area (Å²) in [7, 11) is 1.41. The van der Waals surface area contributed by atoms with Crippen molar-refractivity contribution in [3.8, 4) is 0 Å². The zero-order valence-electron chi connectivity index (χ0n) is 11.3. The molecular weight excluding hydrogens is 234 g/mol. The molecule has 0 aromatic carbocycles. The Morgan fingerprint density at radius 1 is 1.17 bits per heavy atom. The molecule has 1 N–H and O–H groups in total. The zero-order valence-corrected chi connectivity index (χ0v) is 11.3. The largest absolute Gasteiger partial charge is 0.469 e. The van der Waals surface area contributed by atoms with E-state index in [1.807, 2.05) is 6.92 Å². The van der Waals surface area contributed by atoms with Crippen molar-refractivity contribution in [1.82, 2.24) is 15.1 Å². The minimum absolute atomic E-state index is 0.0838. The van der Waals surface area contributed by atoms with Crippen LogP contribution >= 0.6 is 0 Å². The third kappa shape index (κ3) is 5.46. The van der Waals surface area contributed by atoms with Crippen molar-refractivity contribution in [2.24, 2.45) is 0 Å². The Morgan fingerprint density at radius 3 is 2.33 bits per heavy atom. The van der Waals surface area contributed by atoms with Gasteiger partial charge < -0.3 is 15.0 Å². The summed E-state index contributed by atoms with van der Waals surface area (Å²) in [6, 6.07) is 0. The molecule has 0 saturated carbocycles. The molecule has 0 atom stereocenters. The Bertz CT molecular complexity index is 276. The molecule has 1 saturated heterocycles. The molecule has 104 valence electrons. The molecule has 0 spiro atoms. The average Bonchev–Trinajstić information content (AvgIpc) is 2.37. The fourth-order valence-electron chi connectivity index (χ4n) is 1.98. The van der Waals surface area contributed by atoms with Gasteiger partial charge in [0.05, 0.1) is 20.1 Å². The van der Waals surface area contributed by atoms with Gasteiger partial charge in [-0.2, -0.15) is 0 Å². The second kappa shape index (κ2) is 8.05. The number of nitrogens with one attached hydrogen (secondary N) is 1. The molecule has 0 aromatic heterocycles. The maximum Gasteiger partial charge on any atom is 0.306 e. The Kier molecular flexibility index (Phi) is 6.67. The van der Waals surface area contributed by atoms with E-state index in [1.165, 1.54) is 7.11 Å². The predicted octanol–water partition coefficient (Wildman–Crippen LogP) is -0.697. The molecule has 0 aliphatic carbocycles. The highest BCUT2D eigenvalue weighted by molar-refractivity contribution is 5.77. The van der Waals surface area contributed by atoms with Gasteiger partial charge in [0.15, 0.2) is 0 Å². The van der Waals surface area contributed by atoms with Crippen molar-refractivity contribution in [2.45, 2.75) is 13.3 Å². The van der Waals surface area contributed by atoms with Gasteiger partial charge in [-0.3, -0.25) is 14.5 Å². The van der Waals surface area contributed by atoms with Gasteiger partial charge in [0.2, 0.25) is 5.91 Å². The smallest absolute Gasteiger partial charge is 0.306 e. The number of carbonyl (C=O) groups is 2. The second-order valence-electron chi connectivity index (χ2n) is 4.40. The van der Waals surface area contributed by atoms with Crippen molar-refractivity contribution >= 4 is 11.9 Å². The summed E-state index contributed by atoms with van der Waals surface area (Å²) in [5.41, 5.74) is 0. The minimum atomic E-state index is -0.167. The van der Waals surface area contributed by atoms with E-state index in [1.54, 1.807) is 0 Å². The number of nitrogens with zero attached hydrogens (tertiary/aromatic N) is 2. The fourth-order valence-corrected chi connectivity index (χ4v) is 1.98. The van der Waals surface area contributed by atoms with Gasteiger partial charge >= 0.3 is 5.97 Å². The first-order valence-corrected chi connectivity index (χ1v) is 6.44. The molecule has 18 heavy (non-hydrogen) atoms. The van der Waals surface area contributed by atoms with Crippen LogP contribution in [0.15, 0.2) is 0 Å². The summed E-state index contributed by atoms with van der Waals surface area (Å²) < 4.78 is 4.61. The average molecular weight is 257 g/mol. The van der Waals surface area contributed by atoms with Gasteiger partial charge in [0.25, 0.3) is 0 Å². The zero-order chi connectivity index (χ0) is 13.4. The number of likely N-dealkylation sites (N-methyl/N-ethyl adjacent to an activating group) is 1. The molecule has 0 radical (unpaired) electrons. The number of methoxy groups -OCH3 is 1. The van der Waals surface area contributed by atoms with E-state index in [2.05, 4.69) is 19.9 Å². The fraction of sp³-hybridized carbons (Fsp3) is 0.833. The summed E-state index contributed by atoms with van der Waals surface area (Å²) in [5, 5.41) is 2.80. The van der Waals surface area contributed by atoms with Crippen LogP contribution in [0.5, 0.6) is 0 Å². The van der Waals surface area contributed by atoms with E-state index in [0.717, 1.165) is 32.7 Å². The minimum Gasteiger partial charge on any atom is -0.469 e. The summed E-state index contributed by atoms with van der Waals surface area (Å²) in [6.07, 6.45) is 0.437. The number of amides is 1. The summed E-state index contributed by atoms with van der Waals surface area (Å²) in [5.74, 6) is -0.0831. The number of esters is 1. The van der Waals surface area contributed by atoms with Gasteiger partial charge in [0, 0.05) is 39.3 Å². The number of hydrogen-bond donors (Lipinski definition) is 1. The number of carbonyl (C=O) groups excluding carboxylic acids is 2. The quantitative estimate of drug-likeness (QED) is 0.638. The molecule has 1 heterocycles. The van der Waals surface area contributed by atoms with E-state index in [4.69, 9.17) is 0 Å². The lowest BCUT2D eigenvalue weighted by Gasteiger charge is -2.33. The molecule has 1 aliphatic rings. The Labute approximate surface area is 108 Å². The molecule has 1 fully saturated rings. The van der Waals surface area contributed by atoms with Crippen molar-refractivity contribution < 1.29 is 14.3 Å². The summed E-state index contributed by atoms with van der Waals surface area (Å²) in [4.78, 5) is 26.8. The van der Waals surface area contributed by atoms with Crippen LogP contribution in [0.25, 0.3) is 0 Å². The molecule has 6 nitrogen and oxygen atoms in total. The van der Waals surface area contributed by atoms with E-state index in [-0.39, 0.29) is 11.9 Å². The van der Waals surface area contributed by atoms with Crippen LogP contribution in [0.1, 0.15) is 13.3 Å². The third-order valence-electron chi connectivity index (χ3n) is 3.07. The first-order chi connectivity index (χ1) is 8.65. The highest BCUT2D eigenvalue weighted by Crippen LogP contribution is 2.02. The van der Waals surface area contributed by atoms with E-state index in [9.17, 15) is 9.59 Å². The lowest BCUT2D eigenvalue weighted by molar-refractivity contribution is -0.141. The molecule has 6 heteroatoms. The molecule has 1 aliphatic heterocycles. The van der Waals surface area contributed by atoms with Crippen LogP contribution in [0, 0.1) is 0 Å². The lowest BCUT2D eigenvalue weighted by atomic mass is 10.3. The third-order valence-corrected chi connectivity index (χ3v) is 3.07. The number of rotatable bonds is 6. The van der Waals surface area contributed by atoms with Gasteiger partial charge in [0.1, 0.15) is 0 Å². The van der Waals surface area contributed by atoms with Gasteiger partial charge in [-0.25, -0.2) is 0 Å². The standard InChI is InChI=1S/C12H23N3O3/c1-3-13-11(16)10-15-8-6-14(7-9-15)5-4-12(17)18-2/h3-10H2,1-2H3,(H,13,16). The first-order valence-electron chi connectivity index (χ1n) is 6.44. The second-order valence-corrected chi connectivity index (χ2v) is 4.40. The monoisotopic (exact) mass is 257 g/mol. The number of piperazine rings is 1. The maximum atomic E-state index is 11.4. The Balaban J connectivity index is 2.16. The number of ether oxygens (including phenoxy) is 1. The van der Waals surface area contributed by atoms with Crippen molar-refractivity contribution in [3.63, 3.8) is 0 Å². The van der Waals surface area contributed by atoms with E-state index >= 15 is 0 Å². The van der Waals surface area contributed by atoms with Gasteiger partial charge in [-0.15, -0.1) is 0 Å². The summed E-state index contributed by atoms with van der Waals surface area (Å²) >= 11 is 0. The normalized spacial score (nSPS) is 17.4. The van der Waals surface area contributed by atoms with Gasteiger partial charge in [-0.05, 0) is 6.92 Å². The first kappa shape index (κ1) is 14.9. The van der Waals surface area contributed by atoms with Crippen LogP contribution < -0.4 is 5.32 Å². The predicted molar refractivity (Wildman–Crippen MR) is 68.2 cm³/mol. The highest BCUT2D eigenvalue weighted by Gasteiger charge is 2.19. The Hall–Kier alpha value is -1.14. The number of hydrogen-bond acceptors (Lipinski definition) is 5. The van der Waals surface area contributed by atoms with Crippen molar-refractivity contribution in [3.05, 3.63) is 0 Å². The molecule has 0 bridgehead atoms. The molecular formula is C12H23N3O3. The van der Waals surface area contributed by atoms with Crippen LogP contribution in [-0.4, -0.2) is 74.6 Å². The molecule has 1 amide bonds. The van der Waals surface area contributed by atoms with Gasteiger partial charge in [-0.1, -0.05) is 0 Å². The molecule has 0 unspecified atom stereocenters. The summed E-state index contributed by atoms with van der Waals surface area (Å²) in [6.45, 7) is 7.35. The highest BCUT2D eigenvalue weighted by atomic mass is 16.5. The topological polar surface area (TPSA) is 61.9 Å². The molecule has 1 rings (SSSR count). The van der Waals surface area contributed by atoms with Crippen LogP contribution in [0.2, 0.25) is 0 Å². The Morgan fingerprint density at radius 2 is 1.78 bits per heavy atom. The SMILES string of the molecule is CCNC(=O)CN1CCN(CCC(=O)OC)CC1. The van der Waals surface area contributed by atoms with E-state index < -0.39 is 0 Å².